The Bertz CT molecular complexity index is 1010. The molecule has 0 spiro atoms. The maximum Gasteiger partial charge on any atom is 0.255 e. The molecular formula is C18H17FN6O2. The molecule has 0 saturated heterocycles. The number of rotatable bonds is 4. The van der Waals surface area contributed by atoms with Gasteiger partial charge in [0.1, 0.15) is 12.1 Å². The van der Waals surface area contributed by atoms with Crippen molar-refractivity contribution in [2.45, 2.75) is 25.9 Å². The van der Waals surface area contributed by atoms with Gasteiger partial charge in [-0.1, -0.05) is 0 Å². The van der Waals surface area contributed by atoms with Crippen molar-refractivity contribution in [2.24, 2.45) is 0 Å². The molecule has 1 aromatic carbocycles. The van der Waals surface area contributed by atoms with Crippen molar-refractivity contribution in [3.63, 3.8) is 0 Å². The molecule has 0 N–H and O–H groups in total. The van der Waals surface area contributed by atoms with Gasteiger partial charge in [-0.15, -0.1) is 5.10 Å². The molecule has 9 heteroatoms. The van der Waals surface area contributed by atoms with Crippen molar-refractivity contribution in [2.75, 3.05) is 6.54 Å². The summed E-state index contributed by atoms with van der Waals surface area (Å²) < 4.78 is 16.1. The van der Waals surface area contributed by atoms with Crippen LogP contribution in [0.2, 0.25) is 0 Å². The van der Waals surface area contributed by atoms with Crippen LogP contribution in [0.25, 0.3) is 5.69 Å². The first kappa shape index (κ1) is 17.1. The Morgan fingerprint density at radius 2 is 2.00 bits per heavy atom. The van der Waals surface area contributed by atoms with Gasteiger partial charge >= 0.3 is 0 Å². The van der Waals surface area contributed by atoms with Crippen LogP contribution in [0.3, 0.4) is 0 Å². The van der Waals surface area contributed by atoms with Crippen molar-refractivity contribution in [1.29, 1.82) is 0 Å². The van der Waals surface area contributed by atoms with Gasteiger partial charge < -0.3 is 4.90 Å². The van der Waals surface area contributed by atoms with E-state index in [2.05, 4.69) is 15.5 Å². The number of benzene rings is 1. The molecule has 0 fully saturated rings. The number of carbonyl (C=O) groups excluding carboxylic acids is 1. The minimum absolute atomic E-state index is 0.00989. The number of halogens is 1. The number of fused-ring (bicyclic) bond motifs is 1. The zero-order chi connectivity index (χ0) is 18.8. The first-order valence-electron chi connectivity index (χ1n) is 8.59. The Morgan fingerprint density at radius 1 is 1.19 bits per heavy atom. The number of tetrazole rings is 1. The molecule has 0 saturated carbocycles. The zero-order valence-corrected chi connectivity index (χ0v) is 14.5. The van der Waals surface area contributed by atoms with Crippen LogP contribution in [0.1, 0.15) is 17.5 Å². The Kier molecular flexibility index (Phi) is 4.49. The van der Waals surface area contributed by atoms with Crippen molar-refractivity contribution in [3.05, 3.63) is 70.2 Å². The average Bonchev–Trinajstić information content (AvgIpc) is 3.19. The van der Waals surface area contributed by atoms with E-state index >= 15 is 0 Å². The molecule has 138 valence electrons. The predicted molar refractivity (Wildman–Crippen MR) is 93.6 cm³/mol. The highest BCUT2D eigenvalue weighted by atomic mass is 19.1. The van der Waals surface area contributed by atoms with E-state index in [-0.39, 0.29) is 17.3 Å². The molecule has 2 aromatic heterocycles. The second-order valence-electron chi connectivity index (χ2n) is 6.40. The first-order chi connectivity index (χ1) is 13.1. The van der Waals surface area contributed by atoms with Gasteiger partial charge in [0.2, 0.25) is 5.91 Å². The van der Waals surface area contributed by atoms with E-state index in [0.717, 1.165) is 11.1 Å². The van der Waals surface area contributed by atoms with Crippen LogP contribution in [-0.4, -0.2) is 42.1 Å². The summed E-state index contributed by atoms with van der Waals surface area (Å²) in [5.74, 6) is -0.347. The summed E-state index contributed by atoms with van der Waals surface area (Å²) >= 11 is 0. The maximum atomic E-state index is 13.1. The summed E-state index contributed by atoms with van der Waals surface area (Å²) in [4.78, 5) is 26.7. The van der Waals surface area contributed by atoms with Gasteiger partial charge in [-0.3, -0.25) is 14.2 Å². The fraction of sp³-hybridized carbons (Fsp3) is 0.278. The van der Waals surface area contributed by atoms with Crippen molar-refractivity contribution < 1.29 is 9.18 Å². The van der Waals surface area contributed by atoms with Gasteiger partial charge in [0, 0.05) is 37.5 Å². The molecule has 1 aliphatic rings. The summed E-state index contributed by atoms with van der Waals surface area (Å²) in [5, 5.41) is 10.8. The van der Waals surface area contributed by atoms with Crippen LogP contribution in [0.4, 0.5) is 4.39 Å². The van der Waals surface area contributed by atoms with Crippen LogP contribution >= 0.6 is 0 Å². The van der Waals surface area contributed by atoms with Crippen molar-refractivity contribution in [3.8, 4) is 5.69 Å². The summed E-state index contributed by atoms with van der Waals surface area (Å²) in [6.45, 7) is 1.43. The number of pyridine rings is 1. The van der Waals surface area contributed by atoms with E-state index < -0.39 is 0 Å². The molecular weight excluding hydrogens is 351 g/mol. The fourth-order valence-corrected chi connectivity index (χ4v) is 3.20. The number of amides is 1. The van der Waals surface area contributed by atoms with Gasteiger partial charge in [0.15, 0.2) is 0 Å². The molecule has 1 aliphatic heterocycles. The van der Waals surface area contributed by atoms with Gasteiger partial charge in [0.05, 0.1) is 6.54 Å². The lowest BCUT2D eigenvalue weighted by molar-refractivity contribution is -0.132. The Labute approximate surface area is 153 Å². The average molecular weight is 368 g/mol. The van der Waals surface area contributed by atoms with E-state index in [0.29, 0.717) is 38.2 Å². The first-order valence-corrected chi connectivity index (χ1v) is 8.59. The molecule has 0 atom stereocenters. The summed E-state index contributed by atoms with van der Waals surface area (Å²) in [7, 11) is 0. The Balaban J connectivity index is 1.53. The minimum atomic E-state index is -0.357. The summed E-state index contributed by atoms with van der Waals surface area (Å²) in [6, 6.07) is 7.34. The second-order valence-corrected chi connectivity index (χ2v) is 6.40. The van der Waals surface area contributed by atoms with Crippen LogP contribution < -0.4 is 5.56 Å². The predicted octanol–water partition coefficient (Wildman–Crippen LogP) is 0.938. The molecule has 0 radical (unpaired) electrons. The standard InChI is InChI=1S/C18H17FN6O2/c19-15-1-3-16(4-2-15)25-11-14-10-23(7-5-13(14)9-18(25)27)17(26)6-8-24-12-20-21-22-24/h1-4,9,11-12H,5-8,10H2. The smallest absolute Gasteiger partial charge is 0.255 e. The molecule has 0 aliphatic carbocycles. The number of hydrogen-bond donors (Lipinski definition) is 0. The molecule has 3 heterocycles. The third-order valence-electron chi connectivity index (χ3n) is 4.65. The lowest BCUT2D eigenvalue weighted by Crippen LogP contribution is -2.37. The van der Waals surface area contributed by atoms with Gasteiger partial charge in [0.25, 0.3) is 5.56 Å². The molecule has 4 rings (SSSR count). The quantitative estimate of drug-likeness (QED) is 0.684. The maximum absolute atomic E-state index is 13.1. The monoisotopic (exact) mass is 368 g/mol. The van der Waals surface area contributed by atoms with E-state index in [1.54, 1.807) is 29.3 Å². The SMILES string of the molecule is O=C(CCn1cnnn1)N1CCc2cc(=O)n(-c3ccc(F)cc3)cc2C1. The summed E-state index contributed by atoms with van der Waals surface area (Å²) in [5.41, 5.74) is 2.29. The highest BCUT2D eigenvalue weighted by Crippen LogP contribution is 2.19. The Morgan fingerprint density at radius 3 is 2.74 bits per heavy atom. The molecule has 1 amide bonds. The summed E-state index contributed by atoms with van der Waals surface area (Å²) in [6.07, 6.45) is 4.15. The number of carbonyl (C=O) groups is 1. The highest BCUT2D eigenvalue weighted by molar-refractivity contribution is 5.76. The second kappa shape index (κ2) is 7.10. The third-order valence-corrected chi connectivity index (χ3v) is 4.65. The number of nitrogens with zero attached hydrogens (tertiary/aromatic N) is 6. The molecule has 3 aromatic rings. The number of aryl methyl sites for hydroxylation is 1. The normalized spacial score (nSPS) is 13.4. The van der Waals surface area contributed by atoms with Crippen LogP contribution in [-0.2, 0) is 24.3 Å². The van der Waals surface area contributed by atoms with Crippen LogP contribution in [0, 0.1) is 5.82 Å². The van der Waals surface area contributed by atoms with Crippen molar-refractivity contribution >= 4 is 5.91 Å². The van der Waals surface area contributed by atoms with Gasteiger partial charge in [-0.2, -0.15) is 0 Å². The lowest BCUT2D eigenvalue weighted by Gasteiger charge is -2.29. The largest absolute Gasteiger partial charge is 0.338 e. The molecule has 27 heavy (non-hydrogen) atoms. The van der Waals surface area contributed by atoms with Gasteiger partial charge in [-0.25, -0.2) is 9.07 Å². The topological polar surface area (TPSA) is 85.9 Å². The number of aromatic nitrogens is 5. The lowest BCUT2D eigenvalue weighted by atomic mass is 10.0. The molecule has 0 bridgehead atoms. The van der Waals surface area contributed by atoms with Crippen LogP contribution in [0.5, 0.6) is 0 Å². The van der Waals surface area contributed by atoms with E-state index in [9.17, 15) is 14.0 Å². The van der Waals surface area contributed by atoms with Crippen molar-refractivity contribution in [1.82, 2.24) is 29.7 Å². The third kappa shape index (κ3) is 3.62. The number of hydrogen-bond acceptors (Lipinski definition) is 5. The highest BCUT2D eigenvalue weighted by Gasteiger charge is 2.22. The van der Waals surface area contributed by atoms with Gasteiger partial charge in [-0.05, 0) is 52.2 Å². The molecule has 0 unspecified atom stereocenters. The minimum Gasteiger partial charge on any atom is -0.338 e. The molecule has 8 nitrogen and oxygen atoms in total. The fourth-order valence-electron chi connectivity index (χ4n) is 3.20. The van der Waals surface area contributed by atoms with Crippen LogP contribution in [0.15, 0.2) is 47.7 Å². The Hall–Kier alpha value is -3.36. The van der Waals surface area contributed by atoms with E-state index in [1.807, 2.05) is 0 Å². The van der Waals surface area contributed by atoms with E-state index in [4.69, 9.17) is 0 Å². The van der Waals surface area contributed by atoms with E-state index in [1.165, 1.54) is 27.7 Å². The zero-order valence-electron chi connectivity index (χ0n) is 14.5.